The number of likely N-dealkylation sites (N-methyl/N-ethyl adjacent to an activating group) is 1. The van der Waals surface area contributed by atoms with Gasteiger partial charge in [-0.05, 0) is 87.5 Å². The number of para-hydroxylation sites is 1. The number of nitrogen functional groups attached to an aromatic ring is 1. The van der Waals surface area contributed by atoms with Crippen LogP contribution < -0.4 is 36.5 Å². The van der Waals surface area contributed by atoms with Crippen molar-refractivity contribution in [1.29, 1.82) is 0 Å². The normalized spacial score (nSPS) is 15.9. The Morgan fingerprint density at radius 1 is 0.900 bits per heavy atom. The summed E-state index contributed by atoms with van der Waals surface area (Å²) >= 11 is 0. The minimum Gasteiger partial charge on any atom is -0.484 e. The van der Waals surface area contributed by atoms with Gasteiger partial charge in [0.25, 0.3) is 10.0 Å². The number of benzene rings is 3. The van der Waals surface area contributed by atoms with Gasteiger partial charge in [0, 0.05) is 61.7 Å². The lowest BCUT2D eigenvalue weighted by atomic mass is 9.85. The highest BCUT2D eigenvalue weighted by atomic mass is 32.2. The van der Waals surface area contributed by atoms with Crippen molar-refractivity contribution < 1.29 is 54.3 Å². The Morgan fingerprint density at radius 3 is 2.24 bits per heavy atom. The second kappa shape index (κ2) is 25.6. The molecule has 25 heteroatoms. The molecule has 1 aliphatic heterocycles. The average Bonchev–Trinajstić information content (AvgIpc) is 4.36. The van der Waals surface area contributed by atoms with Crippen LogP contribution in [0, 0.1) is 22.9 Å². The van der Waals surface area contributed by atoms with Crippen molar-refractivity contribution in [3.8, 4) is 28.1 Å². The molecule has 4 unspecified atom stereocenters. The minimum absolute atomic E-state index is 0.0263. The fourth-order valence-electron chi connectivity index (χ4n) is 9.45. The number of nitrogens with zero attached hydrogens (tertiary/aromatic N) is 6. The van der Waals surface area contributed by atoms with E-state index < -0.39 is 92.3 Å². The van der Waals surface area contributed by atoms with E-state index in [0.717, 1.165) is 55.9 Å². The molecule has 0 radical (unpaired) electrons. The van der Waals surface area contributed by atoms with Crippen molar-refractivity contribution in [2.45, 2.75) is 129 Å². The number of hydrogen-bond donors (Lipinski definition) is 6. The van der Waals surface area contributed by atoms with E-state index in [9.17, 15) is 49.5 Å². The van der Waals surface area contributed by atoms with E-state index in [1.807, 2.05) is 15.6 Å². The number of carbonyl (C=O) groups is 4. The summed E-state index contributed by atoms with van der Waals surface area (Å²) in [4.78, 5) is 59.9. The number of alkyl halides is 2. The molecule has 1 saturated heterocycles. The summed E-state index contributed by atoms with van der Waals surface area (Å²) < 4.78 is 106. The van der Waals surface area contributed by atoms with E-state index in [2.05, 4.69) is 31.3 Å². The molecule has 3 aromatic carbocycles. The van der Waals surface area contributed by atoms with Gasteiger partial charge in [-0.2, -0.15) is 19.0 Å². The molecule has 5 atom stereocenters. The van der Waals surface area contributed by atoms with E-state index in [1.165, 1.54) is 47.4 Å². The number of pyridine rings is 1. The summed E-state index contributed by atoms with van der Waals surface area (Å²) in [7, 11) is -1.77. The first-order chi connectivity index (χ1) is 37.9. The zero-order valence-electron chi connectivity index (χ0n) is 45.5. The summed E-state index contributed by atoms with van der Waals surface area (Å²) in [6.07, 6.45) is 9.40. The number of nitrogens with two attached hydrogens (primary N) is 1. The molecule has 0 saturated carbocycles. The van der Waals surface area contributed by atoms with E-state index in [-0.39, 0.29) is 42.5 Å². The Bertz CT molecular complexity index is 3300. The van der Waals surface area contributed by atoms with Crippen LogP contribution in [0.1, 0.15) is 97.7 Å². The van der Waals surface area contributed by atoms with E-state index in [0.29, 0.717) is 46.3 Å². The number of carbonyl (C=O) groups excluding carboxylic acids is 4. The summed E-state index contributed by atoms with van der Waals surface area (Å²) in [5.41, 5.74) is 8.07. The summed E-state index contributed by atoms with van der Waals surface area (Å²) in [6.45, 7) is 9.09. The molecule has 4 heterocycles. The number of ether oxygens (including phenoxy) is 1. The number of hydrogen-bond acceptors (Lipinski definition) is 12. The predicted molar refractivity (Wildman–Crippen MR) is 293 cm³/mol. The highest BCUT2D eigenvalue weighted by Gasteiger charge is 2.46. The maximum absolute atomic E-state index is 14.6. The first-order valence-corrected chi connectivity index (χ1v) is 27.7. The molecule has 7 N–H and O–H groups in total. The average molecular weight is 1140 g/mol. The van der Waals surface area contributed by atoms with E-state index in [1.54, 1.807) is 65.8 Å². The van der Waals surface area contributed by atoms with Crippen LogP contribution in [0.2, 0.25) is 0 Å². The largest absolute Gasteiger partial charge is 0.484 e. The lowest BCUT2D eigenvalue weighted by molar-refractivity contribution is -0.143. The first-order valence-electron chi connectivity index (χ1n) is 26.2. The zero-order valence-corrected chi connectivity index (χ0v) is 46.3. The van der Waals surface area contributed by atoms with Gasteiger partial charge >= 0.3 is 5.76 Å². The number of halogens is 5. The quantitative estimate of drug-likeness (QED) is 0.0248. The van der Waals surface area contributed by atoms with Crippen molar-refractivity contribution in [2.75, 3.05) is 29.4 Å². The Hall–Kier alpha value is -7.67. The zero-order chi connectivity index (χ0) is 58.2. The molecule has 6 aromatic rings. The molecule has 19 nitrogen and oxygen atoms in total. The molecule has 7 rings (SSSR count). The number of amides is 4. The molecular weight excluding hydrogens is 1070 g/mol. The predicted octanol–water partition coefficient (Wildman–Crippen LogP) is 8.20. The van der Waals surface area contributed by atoms with Crippen molar-refractivity contribution in [3.63, 3.8) is 0 Å². The molecule has 3 aromatic heterocycles. The smallest absolute Gasteiger partial charge is 0.355 e. The molecule has 0 aliphatic carbocycles. The lowest BCUT2D eigenvalue weighted by Crippen LogP contribution is -2.59. The number of fused-ring (bicyclic) bond motifs is 1. The molecule has 1 aliphatic rings. The minimum atomic E-state index is -5.09. The monoisotopic (exact) mass is 1130 g/mol. The molecule has 80 heavy (non-hydrogen) atoms. The number of likely N-dealkylation sites (tertiary alicyclic amines) is 1. The van der Waals surface area contributed by atoms with Crippen molar-refractivity contribution in [2.24, 2.45) is 12.5 Å². The molecule has 1 fully saturated rings. The highest BCUT2D eigenvalue weighted by molar-refractivity contribution is 7.93. The SMILES string of the molecule is CNC(C)C(=O)NC(C(=O)N1CC(NC(=O)CCCCCCCCn2cc(-c3cnc(N)c4c(-c5ccc(NS(=O)(=O)C(F)F)c(OC(C)c6ccc(F)cc6)c5)nn(C)c34)cn2)C[C@H]1C(=O)Nc1c(F)cccc1F)C(C)(C)C. The van der Waals surface area contributed by atoms with Crippen LogP contribution in [0.4, 0.5) is 39.1 Å². The number of rotatable bonds is 24. The Morgan fingerprint density at radius 2 is 1.57 bits per heavy atom. The second-order valence-electron chi connectivity index (χ2n) is 21.0. The first kappa shape index (κ1) is 60.0. The van der Waals surface area contributed by atoms with Gasteiger partial charge in [0.1, 0.15) is 58.6 Å². The second-order valence-corrected chi connectivity index (χ2v) is 22.6. The van der Waals surface area contributed by atoms with Crippen molar-refractivity contribution >= 4 is 61.7 Å². The molecule has 0 bridgehead atoms. The molecular formula is C55H67F5N12O7S. The Labute approximate surface area is 460 Å². The number of unbranched alkanes of at least 4 members (excludes halogenated alkanes) is 5. The van der Waals surface area contributed by atoms with Gasteiger partial charge in [-0.3, -0.25) is 33.3 Å². The van der Waals surface area contributed by atoms with E-state index in [4.69, 9.17) is 15.6 Å². The van der Waals surface area contributed by atoms with Crippen LogP contribution in [-0.2, 0) is 42.8 Å². The standard InChI is InChI=1S/C55H67F5N12O7S/c1-31(62-6)51(74)67-49(55(3,4)5)53(76)72-30-37(26-42(72)52(75)66-47-39(57)15-14-16-40(47)58)65-44(73)17-12-10-8-9-11-13-24-71-29-35(27-64-71)38-28-63-50(61)45-46(68-70(7)48(38)45)34-20-23-41(69-80(77,78)54(59)60)43(25-34)79-32(2)33-18-21-36(56)22-19-33/h14-16,18-23,25,27-29,31-32,37,42,49,54,62,69H,8-13,17,24,26,30H2,1-7H3,(H2,61,63)(H,65,73)(H,66,75)(H,67,74)/t31?,32?,37?,42-,49?/m0/s1. The number of aryl methyl sites for hydroxylation is 2. The number of sulfonamides is 1. The van der Waals surface area contributed by atoms with Gasteiger partial charge in [-0.1, -0.05) is 70.7 Å². The van der Waals surface area contributed by atoms with Crippen LogP contribution in [0.5, 0.6) is 5.75 Å². The fourth-order valence-corrected chi connectivity index (χ4v) is 10.0. The van der Waals surface area contributed by atoms with Crippen LogP contribution in [0.15, 0.2) is 79.3 Å². The number of nitrogens with one attached hydrogen (secondary N) is 5. The topological polar surface area (TPSA) is 250 Å². The third kappa shape index (κ3) is 14.4. The van der Waals surface area contributed by atoms with E-state index >= 15 is 0 Å². The van der Waals surface area contributed by atoms with Gasteiger partial charge in [0.15, 0.2) is 0 Å². The van der Waals surface area contributed by atoms with Gasteiger partial charge in [0.05, 0.1) is 28.8 Å². The van der Waals surface area contributed by atoms with Crippen LogP contribution in [0.3, 0.4) is 0 Å². The Balaban J connectivity index is 0.930. The Kier molecular flexibility index (Phi) is 19.2. The fraction of sp³-hybridized carbons (Fsp3) is 0.436. The van der Waals surface area contributed by atoms with Gasteiger partial charge in [-0.25, -0.2) is 26.6 Å². The maximum Gasteiger partial charge on any atom is 0.355 e. The maximum atomic E-state index is 14.6. The summed E-state index contributed by atoms with van der Waals surface area (Å²) in [5.74, 6) is -8.28. The van der Waals surface area contributed by atoms with Gasteiger partial charge in [-0.15, -0.1) is 0 Å². The summed E-state index contributed by atoms with van der Waals surface area (Å²) in [5, 5.41) is 20.7. The molecule has 430 valence electrons. The number of aromatic nitrogens is 5. The lowest BCUT2D eigenvalue weighted by Gasteiger charge is -2.36. The molecule has 4 amide bonds. The van der Waals surface area contributed by atoms with Crippen LogP contribution >= 0.6 is 0 Å². The number of anilines is 3. The third-order valence-corrected chi connectivity index (χ3v) is 14.9. The third-order valence-electron chi connectivity index (χ3n) is 14.0. The van der Waals surface area contributed by atoms with Gasteiger partial charge < -0.3 is 36.6 Å². The molecule has 0 spiro atoms. The van der Waals surface area contributed by atoms with Crippen LogP contribution in [-0.4, -0.2) is 105 Å². The highest BCUT2D eigenvalue weighted by Crippen LogP contribution is 2.41. The van der Waals surface area contributed by atoms with Crippen LogP contribution in [0.25, 0.3) is 33.3 Å². The van der Waals surface area contributed by atoms with Crippen molar-refractivity contribution in [3.05, 3.63) is 102 Å². The van der Waals surface area contributed by atoms with Crippen molar-refractivity contribution in [1.82, 2.24) is 45.4 Å². The van der Waals surface area contributed by atoms with Gasteiger partial charge in [0.2, 0.25) is 23.6 Å². The summed E-state index contributed by atoms with van der Waals surface area (Å²) in [6, 6.07) is 9.23.